The van der Waals surface area contributed by atoms with Crippen molar-refractivity contribution in [3.8, 4) is 6.07 Å². The molecule has 0 saturated carbocycles. The molecule has 0 aliphatic rings. The molecule has 3 rings (SSSR count). The first kappa shape index (κ1) is 26.3. The van der Waals surface area contributed by atoms with Crippen LogP contribution in [-0.4, -0.2) is 36.2 Å². The fourth-order valence-corrected chi connectivity index (χ4v) is 3.94. The van der Waals surface area contributed by atoms with Crippen LogP contribution in [0.15, 0.2) is 78.0 Å². The Kier molecular flexibility index (Phi) is 9.09. The molecular weight excluding hydrogens is 448 g/mol. The zero-order valence-electron chi connectivity index (χ0n) is 21.2. The van der Waals surface area contributed by atoms with E-state index in [0.29, 0.717) is 17.9 Å². The van der Waals surface area contributed by atoms with E-state index in [1.54, 1.807) is 11.1 Å². The maximum atomic E-state index is 13.4. The van der Waals surface area contributed by atoms with Gasteiger partial charge in [0.2, 0.25) is 5.91 Å². The van der Waals surface area contributed by atoms with Gasteiger partial charge in [0.1, 0.15) is 11.9 Å². The van der Waals surface area contributed by atoms with Crippen molar-refractivity contribution in [2.45, 2.75) is 32.7 Å². The molecule has 2 unspecified atom stereocenters. The van der Waals surface area contributed by atoms with Gasteiger partial charge in [0.15, 0.2) is 0 Å². The monoisotopic (exact) mass is 480 g/mol. The van der Waals surface area contributed by atoms with Gasteiger partial charge in [0, 0.05) is 37.8 Å². The summed E-state index contributed by atoms with van der Waals surface area (Å²) in [4.78, 5) is 18.0. The molecule has 0 radical (unpaired) electrons. The summed E-state index contributed by atoms with van der Waals surface area (Å²) in [5.74, 6) is 0.456. The second-order valence-corrected chi connectivity index (χ2v) is 8.73. The first-order valence-corrected chi connectivity index (χ1v) is 11.8. The maximum Gasteiger partial charge on any atom is 0.247 e. The SMILES string of the molecule is C=NN(C)/C=C(\C)c1ccc(NC(=O)C(NCC(C)c2ccc(C#N)cc2)c2ccccc2)nc1C. The molecule has 2 aromatic carbocycles. The Morgan fingerprint density at radius 1 is 1.14 bits per heavy atom. The van der Waals surface area contributed by atoms with Gasteiger partial charge in [-0.3, -0.25) is 9.80 Å². The van der Waals surface area contributed by atoms with Crippen LogP contribution in [0, 0.1) is 18.3 Å². The van der Waals surface area contributed by atoms with Crippen molar-refractivity contribution in [3.63, 3.8) is 0 Å². The number of nitriles is 1. The second kappa shape index (κ2) is 12.4. The number of aromatic nitrogens is 1. The molecule has 7 nitrogen and oxygen atoms in total. The van der Waals surface area contributed by atoms with Crippen LogP contribution in [0.1, 0.15) is 53.8 Å². The molecule has 184 valence electrons. The maximum absolute atomic E-state index is 13.4. The average molecular weight is 481 g/mol. The highest BCUT2D eigenvalue weighted by atomic mass is 16.2. The van der Waals surface area contributed by atoms with E-state index in [0.717, 1.165) is 28.0 Å². The molecule has 1 aromatic heterocycles. The smallest absolute Gasteiger partial charge is 0.247 e. The standard InChI is InChI=1S/C29H32N6O/c1-20(24-13-11-23(17-30)12-14-24)18-32-28(25-9-7-6-8-10-25)29(36)34-27-16-15-26(22(3)33-27)21(2)19-35(5)31-4/h6-16,19-20,28,32H,4,18H2,1-3,5H3,(H,33,34,36)/b21-19+. The van der Waals surface area contributed by atoms with Crippen molar-refractivity contribution in [1.82, 2.24) is 15.3 Å². The lowest BCUT2D eigenvalue weighted by Crippen LogP contribution is -2.35. The van der Waals surface area contributed by atoms with Gasteiger partial charge in [-0.25, -0.2) is 4.98 Å². The molecule has 36 heavy (non-hydrogen) atoms. The number of hydrogen-bond donors (Lipinski definition) is 2. The Morgan fingerprint density at radius 3 is 2.44 bits per heavy atom. The van der Waals surface area contributed by atoms with Crippen molar-refractivity contribution < 1.29 is 4.79 Å². The Hall–Kier alpha value is -4.28. The Labute approximate surface area is 213 Å². The summed E-state index contributed by atoms with van der Waals surface area (Å²) in [6.45, 7) is 10.1. The number of benzene rings is 2. The van der Waals surface area contributed by atoms with Crippen molar-refractivity contribution >= 4 is 24.0 Å². The zero-order chi connectivity index (χ0) is 26.1. The van der Waals surface area contributed by atoms with Crippen molar-refractivity contribution in [2.75, 3.05) is 18.9 Å². The number of aryl methyl sites for hydroxylation is 1. The lowest BCUT2D eigenvalue weighted by Gasteiger charge is -2.22. The van der Waals surface area contributed by atoms with Crippen LogP contribution < -0.4 is 10.6 Å². The topological polar surface area (TPSA) is 93.4 Å². The average Bonchev–Trinajstić information content (AvgIpc) is 2.89. The highest BCUT2D eigenvalue weighted by Gasteiger charge is 2.22. The van der Waals surface area contributed by atoms with Crippen molar-refractivity contribution in [3.05, 3.63) is 101 Å². The van der Waals surface area contributed by atoms with Gasteiger partial charge >= 0.3 is 0 Å². The summed E-state index contributed by atoms with van der Waals surface area (Å²) in [6.07, 6.45) is 1.87. The fourth-order valence-electron chi connectivity index (χ4n) is 3.94. The normalized spacial score (nSPS) is 12.8. The van der Waals surface area contributed by atoms with Crippen LogP contribution in [0.2, 0.25) is 0 Å². The molecule has 0 spiro atoms. The van der Waals surface area contributed by atoms with E-state index in [1.807, 2.05) is 87.8 Å². The van der Waals surface area contributed by atoms with E-state index >= 15 is 0 Å². The summed E-state index contributed by atoms with van der Waals surface area (Å²) in [5, 5.41) is 20.9. The third-order valence-electron chi connectivity index (χ3n) is 6.00. The Bertz CT molecular complexity index is 1260. The van der Waals surface area contributed by atoms with Crippen LogP contribution in [-0.2, 0) is 4.79 Å². The van der Waals surface area contributed by atoms with E-state index in [1.165, 1.54) is 0 Å². The number of nitrogens with one attached hydrogen (secondary N) is 2. The number of pyridine rings is 1. The second-order valence-electron chi connectivity index (χ2n) is 8.73. The van der Waals surface area contributed by atoms with Gasteiger partial charge < -0.3 is 10.6 Å². The molecule has 0 saturated heterocycles. The van der Waals surface area contributed by atoms with Crippen LogP contribution in [0.4, 0.5) is 5.82 Å². The lowest BCUT2D eigenvalue weighted by atomic mass is 9.98. The zero-order valence-corrected chi connectivity index (χ0v) is 21.2. The number of nitrogens with zero attached hydrogens (tertiary/aromatic N) is 4. The van der Waals surface area contributed by atoms with Gasteiger partial charge in [-0.15, -0.1) is 0 Å². The van der Waals surface area contributed by atoms with Crippen LogP contribution in [0.5, 0.6) is 0 Å². The number of hydrazone groups is 1. The van der Waals surface area contributed by atoms with Crippen LogP contribution in [0.25, 0.3) is 5.57 Å². The molecular formula is C29H32N6O. The van der Waals surface area contributed by atoms with Crippen molar-refractivity contribution in [2.24, 2.45) is 5.10 Å². The minimum Gasteiger partial charge on any atom is -0.309 e. The quantitative estimate of drug-likeness (QED) is 0.306. The first-order valence-electron chi connectivity index (χ1n) is 11.8. The third-order valence-corrected chi connectivity index (χ3v) is 6.00. The molecule has 1 heterocycles. The predicted molar refractivity (Wildman–Crippen MR) is 145 cm³/mol. The number of allylic oxidation sites excluding steroid dienone is 1. The molecule has 3 aromatic rings. The fraction of sp³-hybridized carbons (Fsp3) is 0.241. The highest BCUT2D eigenvalue weighted by Crippen LogP contribution is 2.22. The summed E-state index contributed by atoms with van der Waals surface area (Å²) in [5.41, 5.74) is 5.37. The minimum absolute atomic E-state index is 0.148. The Balaban J connectivity index is 1.75. The number of carbonyl (C=O) groups is 1. The molecule has 0 aliphatic heterocycles. The van der Waals surface area contributed by atoms with Gasteiger partial charge in [-0.1, -0.05) is 49.4 Å². The molecule has 0 bridgehead atoms. The van der Waals surface area contributed by atoms with E-state index in [-0.39, 0.29) is 11.8 Å². The molecule has 7 heteroatoms. The van der Waals surface area contributed by atoms with Crippen LogP contribution in [0.3, 0.4) is 0 Å². The number of rotatable bonds is 10. The van der Waals surface area contributed by atoms with Crippen molar-refractivity contribution in [1.29, 1.82) is 5.26 Å². The molecule has 1 amide bonds. The summed E-state index contributed by atoms with van der Waals surface area (Å²) in [7, 11) is 1.81. The minimum atomic E-state index is -0.553. The number of amides is 1. The van der Waals surface area contributed by atoms with E-state index in [2.05, 4.69) is 40.4 Å². The van der Waals surface area contributed by atoms with Gasteiger partial charge in [-0.2, -0.15) is 10.4 Å². The summed E-state index contributed by atoms with van der Waals surface area (Å²) >= 11 is 0. The molecule has 0 aliphatic carbocycles. The van der Waals surface area contributed by atoms with Gasteiger partial charge in [-0.05, 0) is 60.7 Å². The van der Waals surface area contributed by atoms with Gasteiger partial charge in [0.05, 0.1) is 11.6 Å². The molecule has 2 N–H and O–H groups in total. The van der Waals surface area contributed by atoms with E-state index < -0.39 is 6.04 Å². The van der Waals surface area contributed by atoms with Gasteiger partial charge in [0.25, 0.3) is 0 Å². The van der Waals surface area contributed by atoms with E-state index in [9.17, 15) is 4.79 Å². The number of hydrogen-bond acceptors (Lipinski definition) is 6. The Morgan fingerprint density at radius 2 is 1.83 bits per heavy atom. The largest absolute Gasteiger partial charge is 0.309 e. The highest BCUT2D eigenvalue weighted by molar-refractivity contribution is 5.95. The number of anilines is 1. The van der Waals surface area contributed by atoms with E-state index in [4.69, 9.17) is 5.26 Å². The summed E-state index contributed by atoms with van der Waals surface area (Å²) < 4.78 is 0. The first-order chi connectivity index (χ1) is 17.3. The van der Waals surface area contributed by atoms with Crippen LogP contribution >= 0.6 is 0 Å². The number of carbonyl (C=O) groups excluding carboxylic acids is 1. The summed E-state index contributed by atoms with van der Waals surface area (Å²) in [6, 6.07) is 22.5. The molecule has 2 atom stereocenters. The predicted octanol–water partition coefficient (Wildman–Crippen LogP) is 5.24. The third kappa shape index (κ3) is 6.87. The lowest BCUT2D eigenvalue weighted by molar-refractivity contribution is -0.118. The molecule has 0 fully saturated rings.